The number of hydrogen-bond acceptors (Lipinski definition) is 4. The molecule has 0 aromatic heterocycles. The largest absolute Gasteiger partial charge is 0.389 e. The first kappa shape index (κ1) is 19.9. The molecule has 0 aromatic carbocycles. The lowest BCUT2D eigenvalue weighted by molar-refractivity contribution is -0.169. The first-order valence-electron chi connectivity index (χ1n) is 12.3. The molecule has 6 aliphatic rings. The van der Waals surface area contributed by atoms with Gasteiger partial charge in [-0.1, -0.05) is 19.4 Å². The number of ether oxygens (including phenoxy) is 2. The van der Waals surface area contributed by atoms with Crippen LogP contribution in [0.1, 0.15) is 65.2 Å². The lowest BCUT2D eigenvalue weighted by atomic mass is 9.45. The number of ketones is 1. The monoisotopic (exact) mass is 414 g/mol. The highest BCUT2D eigenvalue weighted by Gasteiger charge is 2.78. The van der Waals surface area contributed by atoms with Gasteiger partial charge < -0.3 is 14.6 Å². The zero-order chi connectivity index (χ0) is 21.1. The quantitative estimate of drug-likeness (QED) is 0.679. The molecule has 6 rings (SSSR count). The molecule has 166 valence electrons. The van der Waals surface area contributed by atoms with Crippen molar-refractivity contribution in [3.63, 3.8) is 0 Å². The van der Waals surface area contributed by atoms with Crippen molar-refractivity contribution < 1.29 is 19.4 Å². The second kappa shape index (κ2) is 6.20. The molecule has 4 heteroatoms. The van der Waals surface area contributed by atoms with E-state index in [1.807, 2.05) is 0 Å². The minimum atomic E-state index is -0.577. The van der Waals surface area contributed by atoms with Crippen LogP contribution in [0.4, 0.5) is 0 Å². The average Bonchev–Trinajstić information content (AvgIpc) is 3.63. The Labute approximate surface area is 180 Å². The van der Waals surface area contributed by atoms with Crippen molar-refractivity contribution in [1.29, 1.82) is 0 Å². The predicted octanol–water partition coefficient (Wildman–Crippen LogP) is 4.36. The Kier molecular flexibility index (Phi) is 4.12. The van der Waals surface area contributed by atoms with Gasteiger partial charge in [-0.2, -0.15) is 0 Å². The fourth-order valence-electron chi connectivity index (χ4n) is 9.65. The normalized spacial score (nSPS) is 55.2. The van der Waals surface area contributed by atoms with Gasteiger partial charge in [-0.3, -0.25) is 4.79 Å². The smallest absolute Gasteiger partial charge is 0.156 e. The summed E-state index contributed by atoms with van der Waals surface area (Å²) in [6.07, 6.45) is 9.99. The summed E-state index contributed by atoms with van der Waals surface area (Å²) < 4.78 is 10.9. The third kappa shape index (κ3) is 2.31. The van der Waals surface area contributed by atoms with Crippen LogP contribution in [0.2, 0.25) is 0 Å². The summed E-state index contributed by atoms with van der Waals surface area (Å²) in [4.78, 5) is 12.2. The molecule has 5 saturated carbocycles. The number of aliphatic hydroxyl groups is 1. The summed E-state index contributed by atoms with van der Waals surface area (Å²) in [5.41, 5.74) is 1.17. The predicted molar refractivity (Wildman–Crippen MR) is 113 cm³/mol. The van der Waals surface area contributed by atoms with E-state index in [1.165, 1.54) is 24.8 Å². The molecule has 6 aliphatic carbocycles. The van der Waals surface area contributed by atoms with Gasteiger partial charge in [0, 0.05) is 27.1 Å². The van der Waals surface area contributed by atoms with E-state index in [9.17, 15) is 9.90 Å². The number of carbonyl (C=O) groups excluding carboxylic acids is 1. The maximum atomic E-state index is 12.2. The van der Waals surface area contributed by atoms with Gasteiger partial charge in [-0.25, -0.2) is 0 Å². The second-order valence-electron chi connectivity index (χ2n) is 12.0. The van der Waals surface area contributed by atoms with E-state index in [0.29, 0.717) is 35.4 Å². The topological polar surface area (TPSA) is 55.8 Å². The SMILES string of the molecule is COC(CC[C@]1(O)[C@H]2C[C@H]2C2C3C(CC[C@@]21C)[C@@]1(C)CCC(=O)C=C1[C@@H]1C[C@H]31)OC. The molecular weight excluding hydrogens is 376 g/mol. The third-order valence-corrected chi connectivity index (χ3v) is 11.2. The van der Waals surface area contributed by atoms with Crippen LogP contribution in [0.25, 0.3) is 0 Å². The van der Waals surface area contributed by atoms with E-state index in [2.05, 4.69) is 19.9 Å². The molecule has 10 atom stereocenters. The molecule has 0 aromatic rings. The molecule has 0 aliphatic heterocycles. The Balaban J connectivity index is 1.33. The molecule has 1 N–H and O–H groups in total. The Morgan fingerprint density at radius 3 is 2.63 bits per heavy atom. The van der Waals surface area contributed by atoms with E-state index in [0.717, 1.165) is 43.9 Å². The van der Waals surface area contributed by atoms with Gasteiger partial charge in [0.05, 0.1) is 5.60 Å². The van der Waals surface area contributed by atoms with Crippen LogP contribution < -0.4 is 0 Å². The van der Waals surface area contributed by atoms with Crippen molar-refractivity contribution in [2.75, 3.05) is 14.2 Å². The van der Waals surface area contributed by atoms with Gasteiger partial charge in [0.1, 0.15) is 0 Å². The Morgan fingerprint density at radius 1 is 1.13 bits per heavy atom. The molecule has 4 nitrogen and oxygen atoms in total. The molecule has 0 amide bonds. The Hall–Kier alpha value is -0.710. The minimum Gasteiger partial charge on any atom is -0.389 e. The summed E-state index contributed by atoms with van der Waals surface area (Å²) in [6.45, 7) is 4.90. The molecular formula is C26H38O4. The van der Waals surface area contributed by atoms with Gasteiger partial charge in [0.2, 0.25) is 0 Å². The molecule has 0 heterocycles. The fourth-order valence-corrected chi connectivity index (χ4v) is 9.65. The van der Waals surface area contributed by atoms with Gasteiger partial charge in [0.25, 0.3) is 0 Å². The molecule has 30 heavy (non-hydrogen) atoms. The first-order valence-corrected chi connectivity index (χ1v) is 12.3. The van der Waals surface area contributed by atoms with Crippen LogP contribution in [-0.2, 0) is 14.3 Å². The van der Waals surface area contributed by atoms with E-state index in [1.54, 1.807) is 14.2 Å². The molecule has 5 fully saturated rings. The summed E-state index contributed by atoms with van der Waals surface area (Å²) >= 11 is 0. The molecule has 0 spiro atoms. The van der Waals surface area contributed by atoms with Crippen molar-refractivity contribution in [3.05, 3.63) is 11.6 Å². The lowest BCUT2D eigenvalue weighted by Gasteiger charge is -2.60. The molecule has 0 bridgehead atoms. The Morgan fingerprint density at radius 2 is 1.90 bits per heavy atom. The standard InChI is InChI=1S/C26H38O4/c1-24-8-5-14(27)11-19(24)15-12-16(15)22-18(24)6-9-25(2)23(22)17-13-20(17)26(25,28)10-7-21(29-3)30-4/h11,15-18,20-23,28H,5-10,12-13H2,1-4H3/t15-,16+,17-,18?,20+,22?,23?,24-,25+,26+/m1/s1. The highest BCUT2D eigenvalue weighted by atomic mass is 16.7. The number of rotatable bonds is 5. The van der Waals surface area contributed by atoms with Crippen LogP contribution in [-0.4, -0.2) is 37.0 Å². The van der Waals surface area contributed by atoms with Crippen LogP contribution in [0, 0.1) is 52.3 Å². The van der Waals surface area contributed by atoms with E-state index >= 15 is 0 Å². The maximum Gasteiger partial charge on any atom is 0.156 e. The Bertz CT molecular complexity index is 801. The summed E-state index contributed by atoms with van der Waals surface area (Å²) in [6, 6.07) is 0. The van der Waals surface area contributed by atoms with E-state index < -0.39 is 5.60 Å². The highest BCUT2D eigenvalue weighted by molar-refractivity contribution is 5.92. The van der Waals surface area contributed by atoms with E-state index in [4.69, 9.17) is 9.47 Å². The summed E-state index contributed by atoms with van der Waals surface area (Å²) in [5.74, 6) is 5.05. The zero-order valence-corrected chi connectivity index (χ0v) is 19.0. The highest BCUT2D eigenvalue weighted by Crippen LogP contribution is 2.81. The number of allylic oxidation sites excluding steroid dienone is 1. The van der Waals surface area contributed by atoms with Crippen LogP contribution in [0.3, 0.4) is 0 Å². The molecule has 0 saturated heterocycles. The maximum absolute atomic E-state index is 12.2. The summed E-state index contributed by atoms with van der Waals surface area (Å²) in [7, 11) is 3.39. The fraction of sp³-hybridized carbons (Fsp3) is 0.885. The molecule has 0 radical (unpaired) electrons. The van der Waals surface area contributed by atoms with Crippen molar-refractivity contribution >= 4 is 5.78 Å². The van der Waals surface area contributed by atoms with Gasteiger partial charge >= 0.3 is 0 Å². The van der Waals surface area contributed by atoms with Crippen molar-refractivity contribution in [1.82, 2.24) is 0 Å². The van der Waals surface area contributed by atoms with Crippen LogP contribution in [0.5, 0.6) is 0 Å². The van der Waals surface area contributed by atoms with Gasteiger partial charge in [-0.15, -0.1) is 0 Å². The molecule has 3 unspecified atom stereocenters. The van der Waals surface area contributed by atoms with Gasteiger partial charge in [-0.05, 0) is 96.9 Å². The zero-order valence-electron chi connectivity index (χ0n) is 19.0. The van der Waals surface area contributed by atoms with Crippen LogP contribution >= 0.6 is 0 Å². The van der Waals surface area contributed by atoms with Crippen molar-refractivity contribution in [3.8, 4) is 0 Å². The number of hydrogen-bond donors (Lipinski definition) is 1. The van der Waals surface area contributed by atoms with Crippen molar-refractivity contribution in [2.24, 2.45) is 52.3 Å². The van der Waals surface area contributed by atoms with E-state index in [-0.39, 0.29) is 17.1 Å². The third-order valence-electron chi connectivity index (χ3n) is 11.2. The van der Waals surface area contributed by atoms with Crippen LogP contribution in [0.15, 0.2) is 11.6 Å². The second-order valence-corrected chi connectivity index (χ2v) is 12.0. The van der Waals surface area contributed by atoms with Crippen molar-refractivity contribution in [2.45, 2.75) is 77.1 Å². The lowest BCUT2D eigenvalue weighted by Crippen LogP contribution is -2.57. The van der Waals surface area contributed by atoms with Gasteiger partial charge in [0.15, 0.2) is 12.1 Å². The summed E-state index contributed by atoms with van der Waals surface area (Å²) in [5, 5.41) is 12.2. The number of carbonyl (C=O) groups is 1. The average molecular weight is 415 g/mol. The first-order chi connectivity index (χ1) is 14.3. The number of fused-ring (bicyclic) bond motifs is 10. The minimum absolute atomic E-state index is 0.0169. The number of methoxy groups -OCH3 is 2.